The third-order valence-electron chi connectivity index (χ3n) is 5.64. The summed E-state index contributed by atoms with van der Waals surface area (Å²) in [6, 6.07) is 12.3. The molecule has 0 spiro atoms. The number of rotatable bonds is 6. The first-order valence-corrected chi connectivity index (χ1v) is 10.6. The van der Waals surface area contributed by atoms with Crippen molar-refractivity contribution in [2.75, 3.05) is 20.2 Å². The molecule has 0 atom stereocenters. The molecule has 5 rings (SSSR count). The third-order valence-corrected chi connectivity index (χ3v) is 5.97. The lowest BCUT2D eigenvalue weighted by molar-refractivity contribution is 0.0880. The Morgan fingerprint density at radius 3 is 2.59 bits per heavy atom. The van der Waals surface area contributed by atoms with E-state index in [9.17, 15) is 14.7 Å². The number of amides is 2. The van der Waals surface area contributed by atoms with Gasteiger partial charge in [0.2, 0.25) is 0 Å². The zero-order chi connectivity index (χ0) is 22.4. The Balaban J connectivity index is 1.74. The lowest BCUT2D eigenvalue weighted by atomic mass is 9.93. The van der Waals surface area contributed by atoms with Crippen LogP contribution in [-0.2, 0) is 0 Å². The highest BCUT2D eigenvalue weighted by molar-refractivity contribution is 6.36. The topological polar surface area (TPSA) is 103 Å². The summed E-state index contributed by atoms with van der Waals surface area (Å²) in [6.45, 7) is 1.25. The van der Waals surface area contributed by atoms with Gasteiger partial charge in [0.15, 0.2) is 11.5 Å². The van der Waals surface area contributed by atoms with E-state index in [4.69, 9.17) is 16.3 Å². The zero-order valence-electron chi connectivity index (χ0n) is 17.2. The molecular formula is C24H20ClN3O4. The summed E-state index contributed by atoms with van der Waals surface area (Å²) in [6.07, 6.45) is 0.789. The number of phenolic OH excluding ortho intramolecular Hbond substituents is 1. The zero-order valence-corrected chi connectivity index (χ0v) is 18.0. The van der Waals surface area contributed by atoms with E-state index in [0.29, 0.717) is 50.3 Å². The van der Waals surface area contributed by atoms with Crippen molar-refractivity contribution in [2.45, 2.75) is 6.42 Å². The number of hydrogen-bond donors (Lipinski definition) is 4. The molecule has 1 aromatic heterocycles. The lowest BCUT2D eigenvalue weighted by Gasteiger charge is -2.10. The number of halogens is 1. The number of carbonyl (C=O) groups excluding carboxylic acids is 2. The van der Waals surface area contributed by atoms with Crippen molar-refractivity contribution in [3.05, 3.63) is 58.6 Å². The summed E-state index contributed by atoms with van der Waals surface area (Å²) in [5, 5.41) is 17.7. The van der Waals surface area contributed by atoms with Crippen LogP contribution in [0.5, 0.6) is 11.5 Å². The average Bonchev–Trinajstić information content (AvgIpc) is 3.27. The van der Waals surface area contributed by atoms with E-state index in [1.807, 2.05) is 25.2 Å². The number of phenols is 1. The number of imide groups is 1. The molecule has 7 nitrogen and oxygen atoms in total. The van der Waals surface area contributed by atoms with Gasteiger partial charge in [-0.15, -0.1) is 0 Å². The summed E-state index contributed by atoms with van der Waals surface area (Å²) < 4.78 is 5.72. The Hall–Kier alpha value is -3.55. The van der Waals surface area contributed by atoms with Crippen molar-refractivity contribution in [3.63, 3.8) is 0 Å². The second-order valence-corrected chi connectivity index (χ2v) is 8.06. The van der Waals surface area contributed by atoms with Crippen LogP contribution in [0.1, 0.15) is 27.1 Å². The van der Waals surface area contributed by atoms with Crippen LogP contribution in [0.4, 0.5) is 0 Å². The Labute approximate surface area is 188 Å². The molecule has 1 aliphatic rings. The van der Waals surface area contributed by atoms with Gasteiger partial charge >= 0.3 is 0 Å². The molecule has 0 saturated carbocycles. The molecule has 1 aliphatic heterocycles. The van der Waals surface area contributed by atoms with Crippen LogP contribution in [0.15, 0.2) is 42.5 Å². The molecule has 0 aliphatic carbocycles. The number of ether oxygens (including phenoxy) is 1. The molecule has 0 radical (unpaired) electrons. The average molecular weight is 450 g/mol. The van der Waals surface area contributed by atoms with Crippen LogP contribution < -0.4 is 15.4 Å². The molecule has 8 heteroatoms. The van der Waals surface area contributed by atoms with E-state index in [1.54, 1.807) is 24.3 Å². The SMILES string of the molecule is CNCCCOc1cc2[nH]c3cc(-c4ccccc4Cl)c4c(c3c2cc1O)C(=O)NC4=O. The lowest BCUT2D eigenvalue weighted by Crippen LogP contribution is -2.20. The monoisotopic (exact) mass is 449 g/mol. The standard InChI is InChI=1S/C24H20ClN3O4/c1-26-7-4-8-32-19-11-16-14(10-18(19)29)20-17(27-16)9-13(12-5-2-3-6-15(12)25)21-22(20)24(31)28-23(21)30/h2-3,5-6,9-11,26-27,29H,4,7-8H2,1H3,(H,28,30,31). The molecule has 0 saturated heterocycles. The van der Waals surface area contributed by atoms with Gasteiger partial charge in [-0.2, -0.15) is 0 Å². The Bertz CT molecular complexity index is 1410. The van der Waals surface area contributed by atoms with Gasteiger partial charge < -0.3 is 20.1 Å². The number of benzene rings is 3. The van der Waals surface area contributed by atoms with Gasteiger partial charge in [0, 0.05) is 32.9 Å². The fourth-order valence-electron chi connectivity index (χ4n) is 4.21. The second kappa shape index (κ2) is 7.85. The summed E-state index contributed by atoms with van der Waals surface area (Å²) in [4.78, 5) is 28.8. The third kappa shape index (κ3) is 3.18. The van der Waals surface area contributed by atoms with Crippen LogP contribution in [0, 0.1) is 0 Å². The molecule has 3 aromatic carbocycles. The Morgan fingerprint density at radius 2 is 1.81 bits per heavy atom. The van der Waals surface area contributed by atoms with Gasteiger partial charge in [-0.05, 0) is 43.8 Å². The van der Waals surface area contributed by atoms with E-state index in [1.165, 1.54) is 0 Å². The van der Waals surface area contributed by atoms with Crippen LogP contribution >= 0.6 is 11.6 Å². The molecule has 0 fully saturated rings. The van der Waals surface area contributed by atoms with E-state index >= 15 is 0 Å². The predicted octanol–water partition coefficient (Wildman–Crippen LogP) is 4.22. The summed E-state index contributed by atoms with van der Waals surface area (Å²) in [5.41, 5.74) is 3.13. The summed E-state index contributed by atoms with van der Waals surface area (Å²) in [7, 11) is 1.87. The quantitative estimate of drug-likeness (QED) is 0.261. The molecule has 2 amide bonds. The molecular weight excluding hydrogens is 430 g/mol. The first kappa shape index (κ1) is 20.4. The number of aromatic hydroxyl groups is 1. The highest BCUT2D eigenvalue weighted by atomic mass is 35.5. The van der Waals surface area contributed by atoms with E-state index in [2.05, 4.69) is 15.6 Å². The molecule has 162 valence electrons. The minimum Gasteiger partial charge on any atom is -0.504 e. The fraction of sp³-hybridized carbons (Fsp3) is 0.167. The smallest absolute Gasteiger partial charge is 0.259 e. The number of nitrogens with one attached hydrogen (secondary N) is 3. The molecule has 4 N–H and O–H groups in total. The van der Waals surface area contributed by atoms with Crippen molar-refractivity contribution in [2.24, 2.45) is 0 Å². The van der Waals surface area contributed by atoms with Crippen molar-refractivity contribution >= 4 is 45.2 Å². The van der Waals surface area contributed by atoms with E-state index < -0.39 is 11.8 Å². The molecule has 0 unspecified atom stereocenters. The normalized spacial score (nSPS) is 13.1. The van der Waals surface area contributed by atoms with E-state index in [0.717, 1.165) is 13.0 Å². The second-order valence-electron chi connectivity index (χ2n) is 7.66. The highest BCUT2D eigenvalue weighted by Crippen LogP contribution is 2.42. The van der Waals surface area contributed by atoms with Crippen LogP contribution in [0.25, 0.3) is 32.9 Å². The van der Waals surface area contributed by atoms with Crippen molar-refractivity contribution in [1.29, 1.82) is 0 Å². The number of hydrogen-bond acceptors (Lipinski definition) is 5. The maximum absolute atomic E-state index is 12.8. The maximum Gasteiger partial charge on any atom is 0.259 e. The molecule has 0 bridgehead atoms. The van der Waals surface area contributed by atoms with Gasteiger partial charge in [0.25, 0.3) is 11.8 Å². The number of carbonyl (C=O) groups is 2. The Morgan fingerprint density at radius 1 is 1.03 bits per heavy atom. The fourth-order valence-corrected chi connectivity index (χ4v) is 4.45. The first-order chi connectivity index (χ1) is 15.5. The predicted molar refractivity (Wildman–Crippen MR) is 124 cm³/mol. The molecule has 4 aromatic rings. The minimum atomic E-state index is -0.475. The van der Waals surface area contributed by atoms with Crippen molar-refractivity contribution in [3.8, 4) is 22.6 Å². The van der Waals surface area contributed by atoms with Crippen molar-refractivity contribution < 1.29 is 19.4 Å². The number of H-pyrrole nitrogens is 1. The van der Waals surface area contributed by atoms with Gasteiger partial charge in [0.05, 0.1) is 23.3 Å². The van der Waals surface area contributed by atoms with Crippen LogP contribution in [0.2, 0.25) is 5.02 Å². The first-order valence-electron chi connectivity index (χ1n) is 10.2. The maximum atomic E-state index is 12.8. The van der Waals surface area contributed by atoms with Gasteiger partial charge in [-0.3, -0.25) is 14.9 Å². The highest BCUT2D eigenvalue weighted by Gasteiger charge is 2.34. The molecule has 2 heterocycles. The largest absolute Gasteiger partial charge is 0.504 e. The van der Waals surface area contributed by atoms with Gasteiger partial charge in [0.1, 0.15) is 0 Å². The Kier molecular flexibility index (Phi) is 5.00. The van der Waals surface area contributed by atoms with Gasteiger partial charge in [-0.1, -0.05) is 29.8 Å². The minimum absolute atomic E-state index is 0.0310. The van der Waals surface area contributed by atoms with Crippen LogP contribution in [0.3, 0.4) is 0 Å². The van der Waals surface area contributed by atoms with Gasteiger partial charge in [-0.25, -0.2) is 0 Å². The number of aromatic nitrogens is 1. The van der Waals surface area contributed by atoms with Crippen LogP contribution in [-0.4, -0.2) is 42.1 Å². The number of aromatic amines is 1. The molecule has 32 heavy (non-hydrogen) atoms. The summed E-state index contributed by atoms with van der Waals surface area (Å²) >= 11 is 6.41. The van der Waals surface area contributed by atoms with E-state index in [-0.39, 0.29) is 16.9 Å². The van der Waals surface area contributed by atoms with Crippen molar-refractivity contribution in [1.82, 2.24) is 15.6 Å². The summed E-state index contributed by atoms with van der Waals surface area (Å²) in [5.74, 6) is -0.623. The number of fused-ring (bicyclic) bond motifs is 5.